The van der Waals surface area contributed by atoms with Crippen molar-refractivity contribution in [2.75, 3.05) is 0 Å². The number of benzene rings is 1. The maximum atomic E-state index is 5.90. The van der Waals surface area contributed by atoms with E-state index in [0.29, 0.717) is 10.2 Å². The van der Waals surface area contributed by atoms with Crippen LogP contribution in [0.3, 0.4) is 0 Å². The van der Waals surface area contributed by atoms with E-state index in [1.807, 2.05) is 44.2 Å². The van der Waals surface area contributed by atoms with E-state index in [9.17, 15) is 0 Å². The molecule has 0 atom stereocenters. The highest BCUT2D eigenvalue weighted by Gasteiger charge is 2.02. The molecule has 0 aliphatic carbocycles. The molecular weight excluding hydrogens is 321 g/mol. The first kappa shape index (κ1) is 16.6. The van der Waals surface area contributed by atoms with Crippen LogP contribution in [-0.2, 0) is 5.75 Å². The van der Waals surface area contributed by atoms with Crippen molar-refractivity contribution < 1.29 is 0 Å². The highest BCUT2D eigenvalue weighted by atomic mass is 35.5. The smallest absolute Gasteiger partial charge is 0.147 e. The zero-order valence-corrected chi connectivity index (χ0v) is 13.7. The van der Waals surface area contributed by atoms with Gasteiger partial charge in [-0.15, -0.1) is 11.8 Å². The van der Waals surface area contributed by atoms with Crippen molar-refractivity contribution in [3.63, 3.8) is 0 Å². The summed E-state index contributed by atoms with van der Waals surface area (Å²) in [4.78, 5) is 5.16. The molecule has 0 amide bonds. The molecule has 0 radical (unpaired) electrons. The van der Waals surface area contributed by atoms with Crippen LogP contribution in [0.25, 0.3) is 0 Å². The van der Waals surface area contributed by atoms with E-state index in [1.165, 1.54) is 0 Å². The molecule has 1 aromatic heterocycles. The predicted molar refractivity (Wildman–Crippen MR) is 86.6 cm³/mol. The molecule has 19 heavy (non-hydrogen) atoms. The number of aromatic nitrogens is 1. The monoisotopic (exact) mass is 333 g/mol. The van der Waals surface area contributed by atoms with E-state index in [4.69, 9.17) is 34.8 Å². The van der Waals surface area contributed by atoms with Crippen molar-refractivity contribution in [1.29, 1.82) is 0 Å². The van der Waals surface area contributed by atoms with Crippen LogP contribution in [0.2, 0.25) is 15.2 Å². The van der Waals surface area contributed by atoms with Crippen molar-refractivity contribution >= 4 is 46.6 Å². The van der Waals surface area contributed by atoms with Gasteiger partial charge >= 0.3 is 0 Å². The van der Waals surface area contributed by atoms with Crippen molar-refractivity contribution in [3.05, 3.63) is 57.3 Å². The lowest BCUT2D eigenvalue weighted by Gasteiger charge is -2.03. The number of hydrogen-bond acceptors (Lipinski definition) is 2. The molecule has 0 unspecified atom stereocenters. The van der Waals surface area contributed by atoms with E-state index in [2.05, 4.69) is 4.98 Å². The summed E-state index contributed by atoms with van der Waals surface area (Å²) in [7, 11) is 0. The summed E-state index contributed by atoms with van der Waals surface area (Å²) in [5, 5.41) is 1.57. The Morgan fingerprint density at radius 3 is 2.26 bits per heavy atom. The van der Waals surface area contributed by atoms with Crippen LogP contribution in [0.4, 0.5) is 0 Å². The van der Waals surface area contributed by atoms with Crippen LogP contribution in [-0.4, -0.2) is 4.98 Å². The number of pyridine rings is 1. The molecule has 0 saturated heterocycles. The average molecular weight is 335 g/mol. The van der Waals surface area contributed by atoms with Crippen LogP contribution in [0.15, 0.2) is 41.4 Å². The summed E-state index contributed by atoms with van der Waals surface area (Å²) in [6, 6.07) is 9.55. The fourth-order valence-electron chi connectivity index (χ4n) is 1.24. The number of nitrogens with zero attached hydrogens (tertiary/aromatic N) is 1. The molecule has 0 N–H and O–H groups in total. The van der Waals surface area contributed by atoms with Gasteiger partial charge in [0.15, 0.2) is 0 Å². The standard InChI is InChI=1S/C12H8Cl3NS.C2H6/c13-9-1-3-10(4-2-9)17-7-8-5-11(14)12(15)16-6-8;1-2/h1-6H,7H2;1-2H3. The van der Waals surface area contributed by atoms with Gasteiger partial charge in [-0.05, 0) is 35.9 Å². The number of thioether (sulfide) groups is 1. The predicted octanol–water partition coefficient (Wildman–Crippen LogP) is 6.36. The Balaban J connectivity index is 0.000000861. The minimum absolute atomic E-state index is 0.340. The third-order valence-corrected chi connectivity index (χ3v) is 4.09. The number of hydrogen-bond donors (Lipinski definition) is 0. The minimum atomic E-state index is 0.340. The summed E-state index contributed by atoms with van der Waals surface area (Å²) >= 11 is 19.2. The minimum Gasteiger partial charge on any atom is -0.243 e. The zero-order chi connectivity index (χ0) is 14.3. The van der Waals surface area contributed by atoms with Crippen LogP contribution >= 0.6 is 46.6 Å². The second kappa shape index (κ2) is 8.70. The highest BCUT2D eigenvalue weighted by molar-refractivity contribution is 7.98. The molecule has 0 bridgehead atoms. The Morgan fingerprint density at radius 2 is 1.68 bits per heavy atom. The molecule has 2 rings (SSSR count). The molecule has 2 aromatic rings. The topological polar surface area (TPSA) is 12.9 Å². The van der Waals surface area contributed by atoms with Crippen LogP contribution in [0, 0.1) is 0 Å². The van der Waals surface area contributed by atoms with E-state index in [1.54, 1.807) is 18.0 Å². The van der Waals surface area contributed by atoms with Crippen molar-refractivity contribution in [3.8, 4) is 0 Å². The summed E-state index contributed by atoms with van der Waals surface area (Å²) in [5.41, 5.74) is 1.04. The Labute approximate surface area is 133 Å². The molecule has 0 spiro atoms. The van der Waals surface area contributed by atoms with E-state index < -0.39 is 0 Å². The van der Waals surface area contributed by atoms with E-state index in [0.717, 1.165) is 21.2 Å². The lowest BCUT2D eigenvalue weighted by Crippen LogP contribution is -1.84. The Hall–Kier alpha value is -0.410. The Kier molecular flexibility index (Phi) is 7.62. The third-order valence-electron chi connectivity index (χ3n) is 2.07. The van der Waals surface area contributed by atoms with Crippen LogP contribution in [0.5, 0.6) is 0 Å². The van der Waals surface area contributed by atoms with Gasteiger partial charge in [0.05, 0.1) is 5.02 Å². The van der Waals surface area contributed by atoms with Crippen LogP contribution < -0.4 is 0 Å². The second-order valence-corrected chi connectivity index (χ2v) is 5.61. The Morgan fingerprint density at radius 1 is 1.05 bits per heavy atom. The quantitative estimate of drug-likeness (QED) is 0.478. The first-order chi connectivity index (χ1) is 9.15. The molecule has 0 aliphatic heterocycles. The summed E-state index contributed by atoms with van der Waals surface area (Å²) in [6.07, 6.45) is 1.73. The molecule has 0 aliphatic rings. The molecule has 5 heteroatoms. The number of halogens is 3. The van der Waals surface area contributed by atoms with Gasteiger partial charge in [-0.25, -0.2) is 4.98 Å². The zero-order valence-electron chi connectivity index (χ0n) is 10.7. The lowest BCUT2D eigenvalue weighted by molar-refractivity contribution is 1.25. The van der Waals surface area contributed by atoms with Crippen LogP contribution in [0.1, 0.15) is 19.4 Å². The second-order valence-electron chi connectivity index (χ2n) is 3.36. The average Bonchev–Trinajstić information content (AvgIpc) is 2.44. The largest absolute Gasteiger partial charge is 0.243 e. The van der Waals surface area contributed by atoms with Gasteiger partial charge in [0.1, 0.15) is 5.15 Å². The van der Waals surface area contributed by atoms with Gasteiger partial charge in [-0.1, -0.05) is 48.7 Å². The van der Waals surface area contributed by atoms with E-state index >= 15 is 0 Å². The molecule has 0 fully saturated rings. The van der Waals surface area contributed by atoms with Gasteiger partial charge in [0.25, 0.3) is 0 Å². The van der Waals surface area contributed by atoms with Gasteiger partial charge < -0.3 is 0 Å². The SMILES string of the molecule is CC.Clc1ccc(SCc2cnc(Cl)c(Cl)c2)cc1. The summed E-state index contributed by atoms with van der Waals surface area (Å²) in [6.45, 7) is 4.00. The third kappa shape index (κ3) is 5.62. The molecule has 102 valence electrons. The molecular formula is C14H14Cl3NS. The summed E-state index contributed by atoms with van der Waals surface area (Å²) in [5.74, 6) is 0.797. The number of rotatable bonds is 3. The van der Waals surface area contributed by atoms with Crippen molar-refractivity contribution in [2.45, 2.75) is 24.5 Å². The van der Waals surface area contributed by atoms with Gasteiger partial charge in [-0.2, -0.15) is 0 Å². The van der Waals surface area contributed by atoms with Crippen molar-refractivity contribution in [2.24, 2.45) is 0 Å². The normalized spacial score (nSPS) is 9.74. The molecule has 1 aromatic carbocycles. The van der Waals surface area contributed by atoms with E-state index in [-0.39, 0.29) is 0 Å². The first-order valence-electron chi connectivity index (χ1n) is 5.83. The maximum absolute atomic E-state index is 5.90. The lowest BCUT2D eigenvalue weighted by atomic mass is 10.3. The van der Waals surface area contributed by atoms with Crippen molar-refractivity contribution in [1.82, 2.24) is 4.98 Å². The fraction of sp³-hybridized carbons (Fsp3) is 0.214. The molecule has 0 saturated carbocycles. The first-order valence-corrected chi connectivity index (χ1v) is 7.95. The molecule has 1 nitrogen and oxygen atoms in total. The highest BCUT2D eigenvalue weighted by Crippen LogP contribution is 2.26. The van der Waals surface area contributed by atoms with Gasteiger partial charge in [-0.3, -0.25) is 0 Å². The maximum Gasteiger partial charge on any atom is 0.147 e. The Bertz CT molecular complexity index is 515. The van der Waals surface area contributed by atoms with Gasteiger partial charge in [0, 0.05) is 21.9 Å². The summed E-state index contributed by atoms with van der Waals surface area (Å²) < 4.78 is 0. The fourth-order valence-corrected chi connectivity index (χ4v) is 2.48. The molecule has 1 heterocycles. The van der Waals surface area contributed by atoms with Gasteiger partial charge in [0.2, 0.25) is 0 Å².